The Morgan fingerprint density at radius 1 is 1.39 bits per heavy atom. The normalized spacial score (nSPS) is 12.4. The Bertz CT molecular complexity index is 494. The molecule has 0 bridgehead atoms. The molecular weight excluding hydrogens is 235 g/mol. The van der Waals surface area contributed by atoms with Crippen molar-refractivity contribution in [3.8, 4) is 5.75 Å². The van der Waals surface area contributed by atoms with Crippen LogP contribution in [0.25, 0.3) is 0 Å². The molecule has 2 aromatic rings. The van der Waals surface area contributed by atoms with E-state index in [-0.39, 0.29) is 5.75 Å². The number of ether oxygens (including phenoxy) is 1. The van der Waals surface area contributed by atoms with Gasteiger partial charge in [0.05, 0.1) is 19.5 Å². The molecule has 0 saturated carbocycles. The number of aliphatic hydroxyl groups excluding tert-OH is 1. The molecule has 1 aromatic heterocycles. The predicted molar refractivity (Wildman–Crippen MR) is 64.9 cm³/mol. The number of methoxy groups -OCH3 is 1. The van der Waals surface area contributed by atoms with Gasteiger partial charge >= 0.3 is 0 Å². The summed E-state index contributed by atoms with van der Waals surface area (Å²) in [5, 5.41) is 9.96. The highest BCUT2D eigenvalue weighted by Gasteiger charge is 2.11. The number of hydrogen-bond acceptors (Lipinski definition) is 3. The molecule has 4 heteroatoms. The lowest BCUT2D eigenvalue weighted by atomic mass is 10.0. The summed E-state index contributed by atoms with van der Waals surface area (Å²) in [6.07, 6.45) is 1.98. The quantitative estimate of drug-likeness (QED) is 0.886. The zero-order valence-electron chi connectivity index (χ0n) is 10.1. The third-order valence-electron chi connectivity index (χ3n) is 2.80. The number of aryl methyl sites for hydroxylation is 1. The third kappa shape index (κ3) is 2.90. The van der Waals surface area contributed by atoms with Crippen LogP contribution < -0.4 is 4.74 Å². The Balaban J connectivity index is 2.00. The van der Waals surface area contributed by atoms with Gasteiger partial charge in [-0.25, -0.2) is 4.39 Å². The van der Waals surface area contributed by atoms with E-state index >= 15 is 0 Å². The summed E-state index contributed by atoms with van der Waals surface area (Å²) in [7, 11) is 1.41. The molecule has 0 aliphatic carbocycles. The van der Waals surface area contributed by atoms with E-state index in [1.165, 1.54) is 19.2 Å². The standard InChI is InChI=1S/C14H15FO3/c1-17-14-7-4-10(9-12(14)15)13(16)6-5-11-3-2-8-18-11/h2-4,7-9,13,16H,5-6H2,1H3. The topological polar surface area (TPSA) is 42.6 Å². The molecule has 0 amide bonds. The lowest BCUT2D eigenvalue weighted by Gasteiger charge is -2.11. The number of rotatable bonds is 5. The van der Waals surface area contributed by atoms with Crippen LogP contribution >= 0.6 is 0 Å². The molecule has 0 aliphatic heterocycles. The van der Waals surface area contributed by atoms with Crippen molar-refractivity contribution in [1.29, 1.82) is 0 Å². The molecule has 1 heterocycles. The van der Waals surface area contributed by atoms with Crippen LogP contribution in [0, 0.1) is 5.82 Å². The second-order valence-corrected chi connectivity index (χ2v) is 4.03. The molecule has 0 fully saturated rings. The molecule has 18 heavy (non-hydrogen) atoms. The number of halogens is 1. The van der Waals surface area contributed by atoms with Gasteiger partial charge in [0.15, 0.2) is 11.6 Å². The maximum atomic E-state index is 13.5. The summed E-state index contributed by atoms with van der Waals surface area (Å²) < 4.78 is 23.5. The number of aliphatic hydroxyl groups is 1. The van der Waals surface area contributed by atoms with Crippen LogP contribution in [-0.2, 0) is 6.42 Å². The average molecular weight is 250 g/mol. The molecule has 0 aliphatic rings. The van der Waals surface area contributed by atoms with Crippen molar-refractivity contribution in [3.63, 3.8) is 0 Å². The highest BCUT2D eigenvalue weighted by atomic mass is 19.1. The molecule has 1 aromatic carbocycles. The van der Waals surface area contributed by atoms with Gasteiger partial charge in [-0.3, -0.25) is 0 Å². The zero-order chi connectivity index (χ0) is 13.0. The molecule has 3 nitrogen and oxygen atoms in total. The van der Waals surface area contributed by atoms with Crippen LogP contribution in [0.1, 0.15) is 23.8 Å². The second-order valence-electron chi connectivity index (χ2n) is 4.03. The number of benzene rings is 1. The van der Waals surface area contributed by atoms with E-state index in [9.17, 15) is 9.50 Å². The largest absolute Gasteiger partial charge is 0.494 e. The molecule has 0 spiro atoms. The smallest absolute Gasteiger partial charge is 0.165 e. The maximum Gasteiger partial charge on any atom is 0.165 e. The summed E-state index contributed by atoms with van der Waals surface area (Å²) in [5.41, 5.74) is 0.542. The van der Waals surface area contributed by atoms with Crippen molar-refractivity contribution >= 4 is 0 Å². The summed E-state index contributed by atoms with van der Waals surface area (Å²) in [5.74, 6) is 0.520. The zero-order valence-corrected chi connectivity index (χ0v) is 10.1. The minimum atomic E-state index is -0.712. The molecule has 96 valence electrons. The Morgan fingerprint density at radius 3 is 2.83 bits per heavy atom. The fourth-order valence-corrected chi connectivity index (χ4v) is 1.79. The molecule has 1 N–H and O–H groups in total. The van der Waals surface area contributed by atoms with Gasteiger partial charge in [-0.15, -0.1) is 0 Å². The Hall–Kier alpha value is -1.81. The highest BCUT2D eigenvalue weighted by molar-refractivity contribution is 5.30. The van der Waals surface area contributed by atoms with Gasteiger partial charge in [0, 0.05) is 6.42 Å². The molecule has 1 unspecified atom stereocenters. The molecule has 1 atom stereocenters. The van der Waals surface area contributed by atoms with Crippen LogP contribution in [0.3, 0.4) is 0 Å². The van der Waals surface area contributed by atoms with Gasteiger partial charge in [0.25, 0.3) is 0 Å². The lowest BCUT2D eigenvalue weighted by molar-refractivity contribution is 0.165. The van der Waals surface area contributed by atoms with Crippen LogP contribution in [0.15, 0.2) is 41.0 Å². The SMILES string of the molecule is COc1ccc(C(O)CCc2ccco2)cc1F. The number of hydrogen-bond donors (Lipinski definition) is 1. The Labute approximate surface area is 105 Å². The van der Waals surface area contributed by atoms with E-state index < -0.39 is 11.9 Å². The van der Waals surface area contributed by atoms with E-state index in [0.717, 1.165) is 5.76 Å². The average Bonchev–Trinajstić information content (AvgIpc) is 2.89. The van der Waals surface area contributed by atoms with Crippen LogP contribution in [0.2, 0.25) is 0 Å². The third-order valence-corrected chi connectivity index (χ3v) is 2.80. The van der Waals surface area contributed by atoms with Crippen LogP contribution in [0.4, 0.5) is 4.39 Å². The van der Waals surface area contributed by atoms with E-state index in [2.05, 4.69) is 0 Å². The van der Waals surface area contributed by atoms with E-state index in [1.807, 2.05) is 6.07 Å². The van der Waals surface area contributed by atoms with Gasteiger partial charge in [-0.1, -0.05) is 6.07 Å². The summed E-state index contributed by atoms with van der Waals surface area (Å²) in [6.45, 7) is 0. The first kappa shape index (κ1) is 12.6. The minimum absolute atomic E-state index is 0.178. The number of furan rings is 1. The minimum Gasteiger partial charge on any atom is -0.494 e. The van der Waals surface area contributed by atoms with Crippen molar-refractivity contribution in [3.05, 3.63) is 53.7 Å². The van der Waals surface area contributed by atoms with Crippen molar-refractivity contribution in [2.75, 3.05) is 7.11 Å². The van der Waals surface area contributed by atoms with Crippen molar-refractivity contribution < 1.29 is 18.7 Å². The maximum absolute atomic E-state index is 13.5. The first-order chi connectivity index (χ1) is 8.70. The Morgan fingerprint density at radius 2 is 2.22 bits per heavy atom. The van der Waals surface area contributed by atoms with E-state index in [0.29, 0.717) is 18.4 Å². The van der Waals surface area contributed by atoms with Crippen LogP contribution in [-0.4, -0.2) is 12.2 Å². The molecular formula is C14H15FO3. The monoisotopic (exact) mass is 250 g/mol. The molecule has 0 saturated heterocycles. The fourth-order valence-electron chi connectivity index (χ4n) is 1.79. The van der Waals surface area contributed by atoms with Gasteiger partial charge in [0.2, 0.25) is 0 Å². The van der Waals surface area contributed by atoms with Crippen molar-refractivity contribution in [1.82, 2.24) is 0 Å². The summed E-state index contributed by atoms with van der Waals surface area (Å²) >= 11 is 0. The first-order valence-electron chi connectivity index (χ1n) is 5.74. The highest BCUT2D eigenvalue weighted by Crippen LogP contribution is 2.24. The fraction of sp³-hybridized carbons (Fsp3) is 0.286. The van der Waals surface area contributed by atoms with Crippen LogP contribution in [0.5, 0.6) is 5.75 Å². The second kappa shape index (κ2) is 5.69. The molecule has 2 rings (SSSR count). The van der Waals surface area contributed by atoms with Gasteiger partial charge in [0.1, 0.15) is 5.76 Å². The predicted octanol–water partition coefficient (Wildman–Crippen LogP) is 3.09. The summed E-state index contributed by atoms with van der Waals surface area (Å²) in [6, 6.07) is 8.12. The summed E-state index contributed by atoms with van der Waals surface area (Å²) in [4.78, 5) is 0. The van der Waals surface area contributed by atoms with E-state index in [4.69, 9.17) is 9.15 Å². The van der Waals surface area contributed by atoms with E-state index in [1.54, 1.807) is 18.4 Å². The molecule has 0 radical (unpaired) electrons. The van der Waals surface area contributed by atoms with Gasteiger partial charge < -0.3 is 14.3 Å². The van der Waals surface area contributed by atoms with Gasteiger partial charge in [-0.2, -0.15) is 0 Å². The Kier molecular flexibility index (Phi) is 3.99. The lowest BCUT2D eigenvalue weighted by Crippen LogP contribution is -2.00. The van der Waals surface area contributed by atoms with Gasteiger partial charge in [-0.05, 0) is 36.2 Å². The van der Waals surface area contributed by atoms with Crippen molar-refractivity contribution in [2.45, 2.75) is 18.9 Å². The first-order valence-corrected chi connectivity index (χ1v) is 5.74. The van der Waals surface area contributed by atoms with Crippen molar-refractivity contribution in [2.24, 2.45) is 0 Å².